The van der Waals surface area contributed by atoms with Gasteiger partial charge in [-0.2, -0.15) is 0 Å². The first-order valence-electron chi connectivity index (χ1n) is 8.87. The highest BCUT2D eigenvalue weighted by Gasteiger charge is 2.19. The number of rotatable bonds is 8. The first kappa shape index (κ1) is 19.9. The number of hydrogen-bond acceptors (Lipinski definition) is 7. The standard InChI is InChI=1S/C20H18N2O7/c1-3-27-19-11-13(5-7-15(19)21(23)24)17-9-10-18(29-17)14-6-8-16(22(25)26)20(12-14)28-4-2/h5-12H,3-4H2,1-2H3. The van der Waals surface area contributed by atoms with Crippen LogP contribution in [0, 0.1) is 20.2 Å². The topological polar surface area (TPSA) is 118 Å². The largest absolute Gasteiger partial charge is 0.487 e. The van der Waals surface area contributed by atoms with Crippen molar-refractivity contribution in [2.45, 2.75) is 13.8 Å². The van der Waals surface area contributed by atoms with Crippen LogP contribution in [0.2, 0.25) is 0 Å². The summed E-state index contributed by atoms with van der Waals surface area (Å²) in [6.07, 6.45) is 0. The third-order valence-corrected chi connectivity index (χ3v) is 4.09. The molecule has 0 aliphatic carbocycles. The molecule has 0 bridgehead atoms. The minimum atomic E-state index is -0.505. The van der Waals surface area contributed by atoms with E-state index in [0.717, 1.165) is 0 Å². The second-order valence-corrected chi connectivity index (χ2v) is 5.91. The Hall–Kier alpha value is -3.88. The van der Waals surface area contributed by atoms with Crippen LogP contribution in [0.5, 0.6) is 11.5 Å². The third kappa shape index (κ3) is 4.18. The van der Waals surface area contributed by atoms with Crippen molar-refractivity contribution in [1.82, 2.24) is 0 Å². The van der Waals surface area contributed by atoms with Gasteiger partial charge in [0.15, 0.2) is 11.5 Å². The summed E-state index contributed by atoms with van der Waals surface area (Å²) < 4.78 is 16.6. The molecule has 9 nitrogen and oxygen atoms in total. The van der Waals surface area contributed by atoms with Gasteiger partial charge in [-0.3, -0.25) is 20.2 Å². The first-order valence-corrected chi connectivity index (χ1v) is 8.87. The summed E-state index contributed by atoms with van der Waals surface area (Å²) in [5.41, 5.74) is 0.965. The van der Waals surface area contributed by atoms with Gasteiger partial charge in [0.25, 0.3) is 0 Å². The van der Waals surface area contributed by atoms with Crippen LogP contribution in [0.1, 0.15) is 13.8 Å². The lowest BCUT2D eigenvalue weighted by Gasteiger charge is -2.07. The Labute approximate surface area is 165 Å². The van der Waals surface area contributed by atoms with E-state index >= 15 is 0 Å². The highest BCUT2D eigenvalue weighted by atomic mass is 16.6. The molecule has 0 saturated carbocycles. The molecule has 0 aliphatic heterocycles. The van der Waals surface area contributed by atoms with E-state index < -0.39 is 9.85 Å². The fourth-order valence-corrected chi connectivity index (χ4v) is 2.83. The molecule has 1 aromatic heterocycles. The second kappa shape index (κ2) is 8.42. The number of benzene rings is 2. The van der Waals surface area contributed by atoms with Gasteiger partial charge < -0.3 is 13.9 Å². The molecule has 0 spiro atoms. The lowest BCUT2D eigenvalue weighted by Crippen LogP contribution is -1.97. The zero-order valence-electron chi connectivity index (χ0n) is 15.8. The van der Waals surface area contributed by atoms with Crippen LogP contribution in [0.4, 0.5) is 11.4 Å². The summed E-state index contributed by atoms with van der Waals surface area (Å²) in [6, 6.07) is 12.4. The summed E-state index contributed by atoms with van der Waals surface area (Å²) in [6.45, 7) is 4.06. The molecular formula is C20H18N2O7. The van der Waals surface area contributed by atoms with Gasteiger partial charge in [-0.05, 0) is 50.2 Å². The Balaban J connectivity index is 1.97. The van der Waals surface area contributed by atoms with E-state index in [2.05, 4.69) is 0 Å². The van der Waals surface area contributed by atoms with Crippen molar-refractivity contribution >= 4 is 11.4 Å². The van der Waals surface area contributed by atoms with Crippen LogP contribution in [0.25, 0.3) is 22.6 Å². The number of hydrogen-bond donors (Lipinski definition) is 0. The highest BCUT2D eigenvalue weighted by molar-refractivity contribution is 5.70. The average Bonchev–Trinajstić information content (AvgIpc) is 3.18. The number of furan rings is 1. The van der Waals surface area contributed by atoms with Gasteiger partial charge in [-0.15, -0.1) is 0 Å². The summed E-state index contributed by atoms with van der Waals surface area (Å²) in [5.74, 6) is 1.27. The third-order valence-electron chi connectivity index (χ3n) is 4.09. The van der Waals surface area contributed by atoms with Gasteiger partial charge in [0.2, 0.25) is 0 Å². The molecule has 150 valence electrons. The Morgan fingerprint density at radius 2 is 1.17 bits per heavy atom. The van der Waals surface area contributed by atoms with Crippen molar-refractivity contribution in [3.63, 3.8) is 0 Å². The van der Waals surface area contributed by atoms with Crippen LogP contribution in [-0.4, -0.2) is 23.1 Å². The zero-order chi connectivity index (χ0) is 21.0. The molecule has 0 fully saturated rings. The van der Waals surface area contributed by atoms with Gasteiger partial charge in [0, 0.05) is 23.3 Å². The van der Waals surface area contributed by atoms with Crippen molar-refractivity contribution in [3.05, 3.63) is 68.8 Å². The molecule has 3 rings (SSSR count). The Morgan fingerprint density at radius 1 is 0.759 bits per heavy atom. The van der Waals surface area contributed by atoms with Gasteiger partial charge in [-0.25, -0.2) is 0 Å². The predicted octanol–water partition coefficient (Wildman–Crippen LogP) is 5.23. The minimum absolute atomic E-state index is 0.126. The van der Waals surface area contributed by atoms with Gasteiger partial charge >= 0.3 is 11.4 Å². The second-order valence-electron chi connectivity index (χ2n) is 5.91. The summed E-state index contributed by atoms with van der Waals surface area (Å²) in [4.78, 5) is 21.3. The summed E-state index contributed by atoms with van der Waals surface area (Å²) in [7, 11) is 0. The molecule has 0 radical (unpaired) electrons. The molecule has 0 aliphatic rings. The summed E-state index contributed by atoms with van der Waals surface area (Å²) in [5, 5.41) is 22.3. The van der Waals surface area contributed by atoms with Crippen LogP contribution in [0.3, 0.4) is 0 Å². The Bertz CT molecular complexity index is 977. The Morgan fingerprint density at radius 3 is 1.52 bits per heavy atom. The average molecular weight is 398 g/mol. The van der Waals surface area contributed by atoms with E-state index in [-0.39, 0.29) is 36.1 Å². The molecule has 3 aromatic rings. The maximum Gasteiger partial charge on any atom is 0.310 e. The van der Waals surface area contributed by atoms with Gasteiger partial charge in [0.05, 0.1) is 23.1 Å². The van der Waals surface area contributed by atoms with E-state index in [0.29, 0.717) is 22.6 Å². The predicted molar refractivity (Wildman–Crippen MR) is 105 cm³/mol. The van der Waals surface area contributed by atoms with Crippen molar-refractivity contribution in [2.75, 3.05) is 13.2 Å². The molecule has 29 heavy (non-hydrogen) atoms. The van der Waals surface area contributed by atoms with E-state index in [4.69, 9.17) is 13.9 Å². The monoisotopic (exact) mass is 398 g/mol. The molecule has 0 atom stereocenters. The van der Waals surface area contributed by atoms with Crippen molar-refractivity contribution in [1.29, 1.82) is 0 Å². The first-order chi connectivity index (χ1) is 13.9. The zero-order valence-corrected chi connectivity index (χ0v) is 15.8. The van der Waals surface area contributed by atoms with Gasteiger partial charge in [0.1, 0.15) is 11.5 Å². The number of ether oxygens (including phenoxy) is 2. The van der Waals surface area contributed by atoms with Crippen LogP contribution in [0.15, 0.2) is 52.9 Å². The molecular weight excluding hydrogens is 380 g/mol. The fraction of sp³-hybridized carbons (Fsp3) is 0.200. The maximum atomic E-state index is 11.1. The lowest BCUT2D eigenvalue weighted by atomic mass is 10.1. The molecule has 0 N–H and O–H groups in total. The summed E-state index contributed by atoms with van der Waals surface area (Å²) >= 11 is 0. The van der Waals surface area contributed by atoms with Gasteiger partial charge in [-0.1, -0.05) is 0 Å². The van der Waals surface area contributed by atoms with E-state index in [9.17, 15) is 20.2 Å². The quantitative estimate of drug-likeness (QED) is 0.376. The molecule has 0 amide bonds. The number of nitrogens with zero attached hydrogens (tertiary/aromatic N) is 2. The van der Waals surface area contributed by atoms with Crippen molar-refractivity contribution in [2.24, 2.45) is 0 Å². The van der Waals surface area contributed by atoms with Crippen LogP contribution in [-0.2, 0) is 0 Å². The molecule has 0 unspecified atom stereocenters. The number of nitro benzene ring substituents is 2. The highest BCUT2D eigenvalue weighted by Crippen LogP contribution is 2.37. The minimum Gasteiger partial charge on any atom is -0.487 e. The molecule has 2 aromatic carbocycles. The van der Waals surface area contributed by atoms with Crippen LogP contribution >= 0.6 is 0 Å². The smallest absolute Gasteiger partial charge is 0.310 e. The molecule has 1 heterocycles. The van der Waals surface area contributed by atoms with Crippen LogP contribution < -0.4 is 9.47 Å². The van der Waals surface area contributed by atoms with Crippen molar-refractivity contribution < 1.29 is 23.7 Å². The number of nitro groups is 2. The SMILES string of the molecule is CCOc1cc(-c2ccc(-c3ccc([N+](=O)[O-])c(OCC)c3)o2)ccc1[N+](=O)[O-]. The fourth-order valence-electron chi connectivity index (χ4n) is 2.83. The Kier molecular flexibility index (Phi) is 5.77. The molecule has 0 saturated heterocycles. The van der Waals surface area contributed by atoms with E-state index in [1.165, 1.54) is 12.1 Å². The van der Waals surface area contributed by atoms with E-state index in [1.54, 1.807) is 50.2 Å². The molecule has 9 heteroatoms. The van der Waals surface area contributed by atoms with E-state index in [1.807, 2.05) is 0 Å². The maximum absolute atomic E-state index is 11.1. The normalized spacial score (nSPS) is 10.6. The lowest BCUT2D eigenvalue weighted by molar-refractivity contribution is -0.386. The van der Waals surface area contributed by atoms with Crippen molar-refractivity contribution in [3.8, 4) is 34.1 Å².